The smallest absolute Gasteiger partial charge is 0.262 e. The van der Waals surface area contributed by atoms with Crippen LogP contribution in [0, 0.1) is 0 Å². The standard InChI is InChI=1S/C23H22N4O/c1-15-7-4-5-14-27(15)23-25-21-20(22(28)26-23)19(12-13-24-21)18-11-6-9-16-8-2-3-10-17(16)18/h2-3,6,8-13,15H,4-5,7,14H2,1H3,(H,24,25,26,28). The molecule has 0 radical (unpaired) electrons. The van der Waals surface area contributed by atoms with Gasteiger partial charge in [-0.15, -0.1) is 0 Å². The van der Waals surface area contributed by atoms with Crippen molar-refractivity contribution in [2.75, 3.05) is 11.4 Å². The van der Waals surface area contributed by atoms with Crippen molar-refractivity contribution in [1.82, 2.24) is 15.0 Å². The summed E-state index contributed by atoms with van der Waals surface area (Å²) in [5.41, 5.74) is 2.27. The van der Waals surface area contributed by atoms with Gasteiger partial charge in [0.05, 0.1) is 5.39 Å². The maximum absolute atomic E-state index is 13.1. The van der Waals surface area contributed by atoms with Gasteiger partial charge in [-0.3, -0.25) is 9.78 Å². The topological polar surface area (TPSA) is 61.9 Å². The Hall–Kier alpha value is -3.21. The number of aromatic nitrogens is 3. The van der Waals surface area contributed by atoms with E-state index in [0.717, 1.165) is 41.3 Å². The van der Waals surface area contributed by atoms with Crippen LogP contribution in [-0.4, -0.2) is 27.5 Å². The number of hydrogen-bond donors (Lipinski definition) is 1. The average molecular weight is 370 g/mol. The summed E-state index contributed by atoms with van der Waals surface area (Å²) in [6, 6.07) is 16.7. The third-order valence-corrected chi connectivity index (χ3v) is 5.75. The van der Waals surface area contributed by atoms with Gasteiger partial charge < -0.3 is 4.90 Å². The average Bonchev–Trinajstić information content (AvgIpc) is 2.73. The summed E-state index contributed by atoms with van der Waals surface area (Å²) in [4.78, 5) is 27.5. The van der Waals surface area contributed by atoms with Crippen LogP contribution in [0.2, 0.25) is 0 Å². The van der Waals surface area contributed by atoms with Crippen LogP contribution in [0.3, 0.4) is 0 Å². The quantitative estimate of drug-likeness (QED) is 0.564. The van der Waals surface area contributed by atoms with Crippen LogP contribution in [0.4, 0.5) is 5.95 Å². The molecule has 1 aliphatic rings. The molecule has 5 rings (SSSR count). The number of anilines is 1. The predicted molar refractivity (Wildman–Crippen MR) is 114 cm³/mol. The summed E-state index contributed by atoms with van der Waals surface area (Å²) in [6.45, 7) is 3.10. The highest BCUT2D eigenvalue weighted by Crippen LogP contribution is 2.32. The molecule has 0 saturated carbocycles. The van der Waals surface area contributed by atoms with Crippen LogP contribution in [-0.2, 0) is 0 Å². The van der Waals surface area contributed by atoms with E-state index >= 15 is 0 Å². The molecular formula is C23H22N4O. The zero-order chi connectivity index (χ0) is 19.1. The van der Waals surface area contributed by atoms with Crippen LogP contribution < -0.4 is 10.5 Å². The van der Waals surface area contributed by atoms with E-state index in [4.69, 9.17) is 4.98 Å². The predicted octanol–water partition coefficient (Wildman–Crippen LogP) is 4.52. The number of hydrogen-bond acceptors (Lipinski definition) is 4. The molecule has 140 valence electrons. The van der Waals surface area contributed by atoms with Gasteiger partial charge >= 0.3 is 0 Å². The van der Waals surface area contributed by atoms with Gasteiger partial charge in [-0.1, -0.05) is 42.5 Å². The van der Waals surface area contributed by atoms with E-state index in [1.807, 2.05) is 24.3 Å². The summed E-state index contributed by atoms with van der Waals surface area (Å²) in [6.07, 6.45) is 5.20. The molecule has 1 N–H and O–H groups in total. The second kappa shape index (κ2) is 6.75. The largest absolute Gasteiger partial charge is 0.340 e. The molecule has 3 heterocycles. The molecule has 1 aliphatic heterocycles. The Kier molecular flexibility index (Phi) is 4.08. The molecule has 1 atom stereocenters. The maximum Gasteiger partial charge on any atom is 0.262 e. The second-order valence-corrected chi connectivity index (χ2v) is 7.51. The summed E-state index contributed by atoms with van der Waals surface area (Å²) in [5, 5.41) is 2.81. The lowest BCUT2D eigenvalue weighted by Crippen LogP contribution is -2.39. The zero-order valence-electron chi connectivity index (χ0n) is 15.9. The molecule has 28 heavy (non-hydrogen) atoms. The number of pyridine rings is 1. The second-order valence-electron chi connectivity index (χ2n) is 7.51. The highest BCUT2D eigenvalue weighted by atomic mass is 16.1. The number of benzene rings is 2. The van der Waals surface area contributed by atoms with Crippen molar-refractivity contribution in [3.05, 3.63) is 65.1 Å². The third kappa shape index (κ3) is 2.74. The highest BCUT2D eigenvalue weighted by molar-refractivity contribution is 6.03. The van der Waals surface area contributed by atoms with Crippen LogP contribution in [0.1, 0.15) is 26.2 Å². The molecule has 1 saturated heterocycles. The minimum Gasteiger partial charge on any atom is -0.340 e. The van der Waals surface area contributed by atoms with Crippen molar-refractivity contribution >= 4 is 27.8 Å². The molecule has 5 heteroatoms. The van der Waals surface area contributed by atoms with Gasteiger partial charge in [0.25, 0.3) is 5.56 Å². The molecular weight excluding hydrogens is 348 g/mol. The fourth-order valence-electron chi connectivity index (χ4n) is 4.29. The van der Waals surface area contributed by atoms with Crippen LogP contribution in [0.5, 0.6) is 0 Å². The Morgan fingerprint density at radius 1 is 1.04 bits per heavy atom. The lowest BCUT2D eigenvalue weighted by molar-refractivity contribution is 0.477. The van der Waals surface area contributed by atoms with Crippen LogP contribution in [0.25, 0.3) is 32.9 Å². The number of aromatic amines is 1. The van der Waals surface area contributed by atoms with Crippen molar-refractivity contribution < 1.29 is 0 Å². The molecule has 1 unspecified atom stereocenters. The number of H-pyrrole nitrogens is 1. The first-order valence-corrected chi connectivity index (χ1v) is 9.86. The number of nitrogens with one attached hydrogen (secondary N) is 1. The van der Waals surface area contributed by atoms with E-state index in [1.165, 1.54) is 6.42 Å². The minimum absolute atomic E-state index is 0.131. The van der Waals surface area contributed by atoms with Gasteiger partial charge in [0.15, 0.2) is 5.65 Å². The molecule has 5 nitrogen and oxygen atoms in total. The Morgan fingerprint density at radius 2 is 1.89 bits per heavy atom. The van der Waals surface area contributed by atoms with Gasteiger partial charge in [-0.2, -0.15) is 4.98 Å². The summed E-state index contributed by atoms with van der Waals surface area (Å²) < 4.78 is 0. The molecule has 0 amide bonds. The minimum atomic E-state index is -0.131. The van der Waals surface area contributed by atoms with Crippen molar-refractivity contribution in [3.63, 3.8) is 0 Å². The van der Waals surface area contributed by atoms with Gasteiger partial charge in [0.2, 0.25) is 5.95 Å². The molecule has 1 fully saturated rings. The van der Waals surface area contributed by atoms with E-state index < -0.39 is 0 Å². The fourth-order valence-corrected chi connectivity index (χ4v) is 4.29. The zero-order valence-corrected chi connectivity index (χ0v) is 15.9. The third-order valence-electron chi connectivity index (χ3n) is 5.75. The maximum atomic E-state index is 13.1. The van der Waals surface area contributed by atoms with Gasteiger partial charge in [0, 0.05) is 24.3 Å². The molecule has 2 aromatic carbocycles. The summed E-state index contributed by atoms with van der Waals surface area (Å²) in [7, 11) is 0. The number of fused-ring (bicyclic) bond motifs is 2. The van der Waals surface area contributed by atoms with Gasteiger partial charge in [-0.25, -0.2) is 4.98 Å². The molecule has 2 aromatic heterocycles. The van der Waals surface area contributed by atoms with Crippen molar-refractivity contribution in [3.8, 4) is 11.1 Å². The Bertz CT molecular complexity index is 1220. The van der Waals surface area contributed by atoms with E-state index in [1.54, 1.807) is 6.20 Å². The first-order valence-electron chi connectivity index (χ1n) is 9.86. The van der Waals surface area contributed by atoms with Crippen LogP contribution in [0.15, 0.2) is 59.5 Å². The molecule has 0 spiro atoms. The highest BCUT2D eigenvalue weighted by Gasteiger charge is 2.22. The lowest BCUT2D eigenvalue weighted by Gasteiger charge is -2.33. The van der Waals surface area contributed by atoms with E-state index in [9.17, 15) is 4.79 Å². The first kappa shape index (κ1) is 16.9. The van der Waals surface area contributed by atoms with E-state index in [-0.39, 0.29) is 5.56 Å². The summed E-state index contributed by atoms with van der Waals surface area (Å²) in [5.74, 6) is 0.632. The van der Waals surface area contributed by atoms with Crippen molar-refractivity contribution in [1.29, 1.82) is 0 Å². The lowest BCUT2D eigenvalue weighted by atomic mass is 9.97. The number of piperidine rings is 1. The summed E-state index contributed by atoms with van der Waals surface area (Å²) >= 11 is 0. The Labute approximate surface area is 163 Å². The first-order chi connectivity index (χ1) is 13.7. The van der Waals surface area contributed by atoms with E-state index in [2.05, 4.69) is 46.1 Å². The molecule has 4 aromatic rings. The normalized spacial score (nSPS) is 17.3. The Morgan fingerprint density at radius 3 is 2.79 bits per heavy atom. The number of nitrogens with zero attached hydrogens (tertiary/aromatic N) is 3. The molecule has 0 aliphatic carbocycles. The monoisotopic (exact) mass is 370 g/mol. The van der Waals surface area contributed by atoms with Gasteiger partial charge in [0.1, 0.15) is 0 Å². The van der Waals surface area contributed by atoms with Crippen LogP contribution >= 0.6 is 0 Å². The SMILES string of the molecule is CC1CCCCN1c1nc2nccc(-c3cccc4ccccc34)c2c(=O)[nH]1. The number of rotatable bonds is 2. The van der Waals surface area contributed by atoms with Gasteiger partial charge in [-0.05, 0) is 48.6 Å². The van der Waals surface area contributed by atoms with Crippen molar-refractivity contribution in [2.24, 2.45) is 0 Å². The molecule has 0 bridgehead atoms. The fraction of sp³-hybridized carbons (Fsp3) is 0.261. The van der Waals surface area contributed by atoms with E-state index in [0.29, 0.717) is 23.0 Å². The Balaban J connectivity index is 1.72. The van der Waals surface area contributed by atoms with Crippen molar-refractivity contribution in [2.45, 2.75) is 32.2 Å².